The van der Waals surface area contributed by atoms with Crippen molar-refractivity contribution in [2.24, 2.45) is 5.41 Å². The Hall–Kier alpha value is -3.22. The van der Waals surface area contributed by atoms with Crippen LogP contribution in [0.1, 0.15) is 20.8 Å². The van der Waals surface area contributed by atoms with Crippen molar-refractivity contribution in [1.29, 1.82) is 0 Å². The second-order valence-electron chi connectivity index (χ2n) is 6.30. The molecule has 0 saturated heterocycles. The van der Waals surface area contributed by atoms with Gasteiger partial charge < -0.3 is 16.0 Å². The van der Waals surface area contributed by atoms with Crippen LogP contribution >= 0.6 is 0 Å². The molecule has 0 fully saturated rings. The standard InChI is InChI=1S/C19H20FN3O3/c1-12(24)21-15-5-4-6-16(11-15)23-18(26)19(2,3)17(25)22-14-9-7-13(20)8-10-14/h4-11H,1-3H3,(H,21,24)(H,22,25)(H,23,26). The minimum atomic E-state index is -1.38. The number of rotatable bonds is 5. The maximum Gasteiger partial charge on any atom is 0.239 e. The fourth-order valence-corrected chi connectivity index (χ4v) is 2.09. The van der Waals surface area contributed by atoms with E-state index in [4.69, 9.17) is 0 Å². The molecule has 0 aliphatic carbocycles. The molecule has 0 aromatic heterocycles. The lowest BCUT2D eigenvalue weighted by Crippen LogP contribution is -2.41. The van der Waals surface area contributed by atoms with Gasteiger partial charge in [0.1, 0.15) is 11.2 Å². The lowest BCUT2D eigenvalue weighted by molar-refractivity contribution is -0.135. The first-order valence-electron chi connectivity index (χ1n) is 7.94. The van der Waals surface area contributed by atoms with Gasteiger partial charge in [-0.05, 0) is 56.3 Å². The van der Waals surface area contributed by atoms with E-state index in [2.05, 4.69) is 16.0 Å². The minimum Gasteiger partial charge on any atom is -0.326 e. The van der Waals surface area contributed by atoms with Gasteiger partial charge in [0.15, 0.2) is 0 Å². The van der Waals surface area contributed by atoms with Crippen molar-refractivity contribution in [2.75, 3.05) is 16.0 Å². The minimum absolute atomic E-state index is 0.229. The number of nitrogens with one attached hydrogen (secondary N) is 3. The summed E-state index contributed by atoms with van der Waals surface area (Å²) in [6, 6.07) is 11.9. The second kappa shape index (κ2) is 7.77. The van der Waals surface area contributed by atoms with Gasteiger partial charge >= 0.3 is 0 Å². The van der Waals surface area contributed by atoms with E-state index in [1.54, 1.807) is 24.3 Å². The molecule has 0 aliphatic rings. The van der Waals surface area contributed by atoms with E-state index < -0.39 is 23.0 Å². The van der Waals surface area contributed by atoms with Gasteiger partial charge in [-0.2, -0.15) is 0 Å². The zero-order valence-corrected chi connectivity index (χ0v) is 14.7. The highest BCUT2D eigenvalue weighted by Gasteiger charge is 2.36. The SMILES string of the molecule is CC(=O)Nc1cccc(NC(=O)C(C)(C)C(=O)Nc2ccc(F)cc2)c1. The second-order valence-corrected chi connectivity index (χ2v) is 6.30. The number of carbonyl (C=O) groups is 3. The van der Waals surface area contributed by atoms with E-state index in [9.17, 15) is 18.8 Å². The molecule has 0 unspecified atom stereocenters. The van der Waals surface area contributed by atoms with Crippen molar-refractivity contribution in [3.05, 3.63) is 54.3 Å². The van der Waals surface area contributed by atoms with Crippen LogP contribution in [0.15, 0.2) is 48.5 Å². The Morgan fingerprint density at radius 3 is 1.85 bits per heavy atom. The van der Waals surface area contributed by atoms with Crippen LogP contribution in [0.5, 0.6) is 0 Å². The highest BCUT2D eigenvalue weighted by Crippen LogP contribution is 2.23. The van der Waals surface area contributed by atoms with Crippen molar-refractivity contribution in [3.8, 4) is 0 Å². The summed E-state index contributed by atoms with van der Waals surface area (Å²) in [7, 11) is 0. The van der Waals surface area contributed by atoms with Crippen LogP contribution in [-0.4, -0.2) is 17.7 Å². The normalized spacial score (nSPS) is 10.8. The molecule has 3 N–H and O–H groups in total. The van der Waals surface area contributed by atoms with E-state index in [0.29, 0.717) is 17.1 Å². The predicted octanol–water partition coefficient (Wildman–Crippen LogP) is 3.39. The van der Waals surface area contributed by atoms with Crippen molar-refractivity contribution < 1.29 is 18.8 Å². The monoisotopic (exact) mass is 357 g/mol. The summed E-state index contributed by atoms with van der Waals surface area (Å²) in [6.45, 7) is 4.35. The predicted molar refractivity (Wildman–Crippen MR) is 98.2 cm³/mol. The number of halogens is 1. The zero-order valence-electron chi connectivity index (χ0n) is 14.7. The van der Waals surface area contributed by atoms with Gasteiger partial charge in [0.2, 0.25) is 17.7 Å². The number of carbonyl (C=O) groups excluding carboxylic acids is 3. The van der Waals surface area contributed by atoms with Crippen LogP contribution in [0.2, 0.25) is 0 Å². The van der Waals surface area contributed by atoms with Crippen molar-refractivity contribution >= 4 is 34.8 Å². The molecule has 6 nitrogen and oxygen atoms in total. The molecule has 0 spiro atoms. The molecule has 0 atom stereocenters. The molecule has 0 radical (unpaired) electrons. The summed E-state index contributed by atoms with van der Waals surface area (Å²) in [4.78, 5) is 36.1. The summed E-state index contributed by atoms with van der Waals surface area (Å²) >= 11 is 0. The Morgan fingerprint density at radius 2 is 1.31 bits per heavy atom. The smallest absolute Gasteiger partial charge is 0.239 e. The maximum atomic E-state index is 12.9. The van der Waals surface area contributed by atoms with Crippen molar-refractivity contribution in [1.82, 2.24) is 0 Å². The van der Waals surface area contributed by atoms with Crippen molar-refractivity contribution in [2.45, 2.75) is 20.8 Å². The molecule has 0 heterocycles. The van der Waals surface area contributed by atoms with Gasteiger partial charge in [0.05, 0.1) is 0 Å². The molecular formula is C19H20FN3O3. The van der Waals surface area contributed by atoms with E-state index in [1.165, 1.54) is 45.0 Å². The molecule has 0 saturated carbocycles. The molecule has 2 rings (SSSR count). The molecule has 7 heteroatoms. The molecular weight excluding hydrogens is 337 g/mol. The van der Waals surface area contributed by atoms with Gasteiger partial charge in [-0.15, -0.1) is 0 Å². The molecule has 0 aliphatic heterocycles. The first kappa shape index (κ1) is 19.1. The summed E-state index contributed by atoms with van der Waals surface area (Å²) < 4.78 is 12.9. The van der Waals surface area contributed by atoms with Crippen LogP contribution in [0.4, 0.5) is 21.5 Å². The highest BCUT2D eigenvalue weighted by molar-refractivity contribution is 6.14. The third kappa shape index (κ3) is 4.89. The zero-order chi connectivity index (χ0) is 19.3. The van der Waals surface area contributed by atoms with Crippen LogP contribution in [0, 0.1) is 11.2 Å². The molecule has 26 heavy (non-hydrogen) atoms. The average Bonchev–Trinajstić information content (AvgIpc) is 2.56. The summed E-state index contributed by atoms with van der Waals surface area (Å²) in [5, 5.41) is 7.87. The van der Waals surface area contributed by atoms with Gasteiger partial charge in [0.25, 0.3) is 0 Å². The van der Waals surface area contributed by atoms with E-state index in [-0.39, 0.29) is 5.91 Å². The van der Waals surface area contributed by atoms with E-state index in [1.807, 2.05) is 0 Å². The Kier molecular flexibility index (Phi) is 5.71. The fraction of sp³-hybridized carbons (Fsp3) is 0.211. The number of hydrogen-bond acceptors (Lipinski definition) is 3. The Balaban J connectivity index is 2.07. The molecule has 3 amide bonds. The van der Waals surface area contributed by atoms with E-state index in [0.717, 1.165) is 0 Å². The Labute approximate surface area is 150 Å². The molecule has 2 aromatic rings. The first-order chi connectivity index (χ1) is 12.2. The van der Waals surface area contributed by atoms with Gasteiger partial charge in [-0.25, -0.2) is 4.39 Å². The molecule has 2 aromatic carbocycles. The molecule has 0 bridgehead atoms. The lowest BCUT2D eigenvalue weighted by atomic mass is 9.90. The number of benzene rings is 2. The Bertz CT molecular complexity index is 832. The van der Waals surface area contributed by atoms with Gasteiger partial charge in [-0.1, -0.05) is 6.07 Å². The van der Waals surface area contributed by atoms with Crippen molar-refractivity contribution in [3.63, 3.8) is 0 Å². The summed E-state index contributed by atoms with van der Waals surface area (Å²) in [6.07, 6.45) is 0. The van der Waals surface area contributed by atoms with Crippen LogP contribution in [-0.2, 0) is 14.4 Å². The number of hydrogen-bond donors (Lipinski definition) is 3. The largest absolute Gasteiger partial charge is 0.326 e. The molecule has 136 valence electrons. The van der Waals surface area contributed by atoms with Crippen LogP contribution in [0.25, 0.3) is 0 Å². The number of anilines is 3. The summed E-state index contributed by atoms with van der Waals surface area (Å²) in [5.74, 6) is -1.69. The Morgan fingerprint density at radius 1 is 0.808 bits per heavy atom. The first-order valence-corrected chi connectivity index (χ1v) is 7.94. The van der Waals surface area contributed by atoms with Gasteiger partial charge in [-0.3, -0.25) is 14.4 Å². The quantitative estimate of drug-likeness (QED) is 0.717. The lowest BCUT2D eigenvalue weighted by Gasteiger charge is -2.23. The highest BCUT2D eigenvalue weighted by atomic mass is 19.1. The third-order valence-corrected chi connectivity index (χ3v) is 3.68. The van der Waals surface area contributed by atoms with Gasteiger partial charge in [0, 0.05) is 24.0 Å². The maximum absolute atomic E-state index is 12.9. The summed E-state index contributed by atoms with van der Waals surface area (Å²) in [5.41, 5.74) is -0.00371. The topological polar surface area (TPSA) is 87.3 Å². The average molecular weight is 357 g/mol. The third-order valence-electron chi connectivity index (χ3n) is 3.68. The fourth-order valence-electron chi connectivity index (χ4n) is 2.09. The van der Waals surface area contributed by atoms with E-state index >= 15 is 0 Å². The number of amides is 3. The van der Waals surface area contributed by atoms with Crippen LogP contribution < -0.4 is 16.0 Å². The van der Waals surface area contributed by atoms with Crippen LogP contribution in [0.3, 0.4) is 0 Å².